The van der Waals surface area contributed by atoms with Gasteiger partial charge in [0, 0.05) is 0 Å². The standard InChI is InChI=1S/C12H23FO/c13-11-9-7-5-3-1-2-4-6-8-10-12(11)14/h11-12,14H,1-10H2/t11-,12?/m1/s1. The lowest BCUT2D eigenvalue weighted by Gasteiger charge is -2.16. The van der Waals surface area contributed by atoms with Gasteiger partial charge in [0.25, 0.3) is 0 Å². The molecule has 0 aromatic heterocycles. The zero-order chi connectivity index (χ0) is 10.2. The third-order valence-electron chi connectivity index (χ3n) is 3.15. The van der Waals surface area contributed by atoms with Crippen molar-refractivity contribution in [2.45, 2.75) is 76.5 Å². The van der Waals surface area contributed by atoms with E-state index in [1.807, 2.05) is 0 Å². The fourth-order valence-corrected chi connectivity index (χ4v) is 2.13. The van der Waals surface area contributed by atoms with Gasteiger partial charge in [-0.2, -0.15) is 0 Å². The van der Waals surface area contributed by atoms with Crippen LogP contribution in [0, 0.1) is 0 Å². The van der Waals surface area contributed by atoms with Gasteiger partial charge in [0.15, 0.2) is 0 Å². The molecule has 2 atom stereocenters. The van der Waals surface area contributed by atoms with Crippen LogP contribution < -0.4 is 0 Å². The third-order valence-corrected chi connectivity index (χ3v) is 3.15. The van der Waals surface area contributed by atoms with Crippen molar-refractivity contribution < 1.29 is 9.50 Å². The maximum absolute atomic E-state index is 13.3. The average Bonchev–Trinajstić information content (AvgIpc) is 2.18. The van der Waals surface area contributed by atoms with Crippen molar-refractivity contribution in [1.29, 1.82) is 0 Å². The van der Waals surface area contributed by atoms with Gasteiger partial charge in [-0.25, -0.2) is 4.39 Å². The smallest absolute Gasteiger partial charge is 0.126 e. The Morgan fingerprint density at radius 1 is 0.714 bits per heavy atom. The molecule has 1 aliphatic rings. The molecule has 0 radical (unpaired) electrons. The fourth-order valence-electron chi connectivity index (χ4n) is 2.13. The normalized spacial score (nSPS) is 33.0. The van der Waals surface area contributed by atoms with Crippen molar-refractivity contribution in [3.63, 3.8) is 0 Å². The first-order chi connectivity index (χ1) is 6.80. The van der Waals surface area contributed by atoms with E-state index in [9.17, 15) is 9.50 Å². The number of alkyl halides is 1. The second-order valence-electron chi connectivity index (χ2n) is 4.49. The Morgan fingerprint density at radius 2 is 1.14 bits per heavy atom. The molecule has 1 aliphatic carbocycles. The lowest BCUT2D eigenvalue weighted by atomic mass is 9.98. The summed E-state index contributed by atoms with van der Waals surface area (Å²) >= 11 is 0. The molecule has 0 heterocycles. The average molecular weight is 202 g/mol. The number of aliphatic hydroxyl groups excluding tert-OH is 1. The van der Waals surface area contributed by atoms with Crippen molar-refractivity contribution >= 4 is 0 Å². The molecule has 0 saturated heterocycles. The first-order valence-electron chi connectivity index (χ1n) is 6.13. The van der Waals surface area contributed by atoms with Crippen LogP contribution in [0.4, 0.5) is 4.39 Å². The van der Waals surface area contributed by atoms with Crippen LogP contribution in [0.2, 0.25) is 0 Å². The quantitative estimate of drug-likeness (QED) is 0.636. The summed E-state index contributed by atoms with van der Waals surface area (Å²) in [5, 5.41) is 9.49. The van der Waals surface area contributed by atoms with Gasteiger partial charge in [-0.1, -0.05) is 51.4 Å². The number of halogens is 1. The van der Waals surface area contributed by atoms with Gasteiger partial charge in [0.1, 0.15) is 6.17 Å². The van der Waals surface area contributed by atoms with E-state index in [-0.39, 0.29) is 0 Å². The maximum atomic E-state index is 13.3. The minimum Gasteiger partial charge on any atom is -0.390 e. The minimum absolute atomic E-state index is 0.557. The molecule has 1 unspecified atom stereocenters. The van der Waals surface area contributed by atoms with E-state index in [1.54, 1.807) is 0 Å². The van der Waals surface area contributed by atoms with Gasteiger partial charge in [-0.15, -0.1) is 0 Å². The monoisotopic (exact) mass is 202 g/mol. The molecule has 84 valence electrons. The Morgan fingerprint density at radius 3 is 1.71 bits per heavy atom. The molecule has 0 aliphatic heterocycles. The number of hydrogen-bond donors (Lipinski definition) is 1. The molecule has 1 fully saturated rings. The molecular formula is C12H23FO. The van der Waals surface area contributed by atoms with E-state index in [1.165, 1.54) is 25.7 Å². The number of rotatable bonds is 0. The van der Waals surface area contributed by atoms with Crippen LogP contribution >= 0.6 is 0 Å². The van der Waals surface area contributed by atoms with Gasteiger partial charge in [0.2, 0.25) is 0 Å². The molecule has 14 heavy (non-hydrogen) atoms. The molecule has 1 N–H and O–H groups in total. The largest absolute Gasteiger partial charge is 0.390 e. The van der Waals surface area contributed by atoms with Crippen LogP contribution in [0.5, 0.6) is 0 Å². The van der Waals surface area contributed by atoms with Crippen LogP contribution in [-0.4, -0.2) is 17.4 Å². The van der Waals surface area contributed by atoms with Gasteiger partial charge in [-0.3, -0.25) is 0 Å². The van der Waals surface area contributed by atoms with Crippen molar-refractivity contribution in [3.05, 3.63) is 0 Å². The molecular weight excluding hydrogens is 179 g/mol. The summed E-state index contributed by atoms with van der Waals surface area (Å²) in [5.74, 6) is 0. The Labute approximate surface area is 86.7 Å². The summed E-state index contributed by atoms with van der Waals surface area (Å²) in [4.78, 5) is 0. The molecule has 0 bridgehead atoms. The van der Waals surface area contributed by atoms with E-state index >= 15 is 0 Å². The van der Waals surface area contributed by atoms with Crippen molar-refractivity contribution in [3.8, 4) is 0 Å². The molecule has 0 spiro atoms. The third kappa shape index (κ3) is 4.94. The molecule has 2 heteroatoms. The predicted octanol–water partition coefficient (Wildman–Crippen LogP) is 3.60. The van der Waals surface area contributed by atoms with Gasteiger partial charge in [0.05, 0.1) is 6.10 Å². The molecule has 0 aromatic carbocycles. The SMILES string of the molecule is OC1CCCCCCCCCC[C@H]1F. The van der Waals surface area contributed by atoms with Gasteiger partial charge in [-0.05, 0) is 12.8 Å². The highest BCUT2D eigenvalue weighted by Crippen LogP contribution is 2.18. The van der Waals surface area contributed by atoms with E-state index < -0.39 is 12.3 Å². The van der Waals surface area contributed by atoms with Crippen molar-refractivity contribution in [1.82, 2.24) is 0 Å². The fraction of sp³-hybridized carbons (Fsp3) is 1.00. The van der Waals surface area contributed by atoms with Crippen LogP contribution in [0.15, 0.2) is 0 Å². The molecule has 1 nitrogen and oxygen atoms in total. The van der Waals surface area contributed by atoms with Crippen molar-refractivity contribution in [2.24, 2.45) is 0 Å². The van der Waals surface area contributed by atoms with Crippen LogP contribution in [0.3, 0.4) is 0 Å². The summed E-state index contributed by atoms with van der Waals surface area (Å²) in [6.07, 6.45) is 8.86. The van der Waals surface area contributed by atoms with Crippen molar-refractivity contribution in [2.75, 3.05) is 0 Å². The summed E-state index contributed by atoms with van der Waals surface area (Å²) in [6, 6.07) is 0. The van der Waals surface area contributed by atoms with Crippen LogP contribution in [0.25, 0.3) is 0 Å². The molecule has 0 amide bonds. The number of hydrogen-bond acceptors (Lipinski definition) is 1. The zero-order valence-corrected chi connectivity index (χ0v) is 9.05. The number of aliphatic hydroxyl groups is 1. The second-order valence-corrected chi connectivity index (χ2v) is 4.49. The van der Waals surface area contributed by atoms with Crippen LogP contribution in [0.1, 0.15) is 64.2 Å². The highest BCUT2D eigenvalue weighted by Gasteiger charge is 2.17. The van der Waals surface area contributed by atoms with E-state index in [2.05, 4.69) is 0 Å². The Hall–Kier alpha value is -0.110. The van der Waals surface area contributed by atoms with E-state index in [0.29, 0.717) is 12.8 Å². The minimum atomic E-state index is -0.977. The summed E-state index contributed by atoms with van der Waals surface area (Å²) < 4.78 is 13.3. The Bertz CT molecular complexity index is 122. The summed E-state index contributed by atoms with van der Waals surface area (Å²) in [5.41, 5.74) is 0. The highest BCUT2D eigenvalue weighted by molar-refractivity contribution is 4.68. The molecule has 1 rings (SSSR count). The Kier molecular flexibility index (Phi) is 6.17. The lowest BCUT2D eigenvalue weighted by molar-refractivity contribution is 0.0617. The topological polar surface area (TPSA) is 20.2 Å². The maximum Gasteiger partial charge on any atom is 0.126 e. The summed E-state index contributed by atoms with van der Waals surface area (Å²) in [6.45, 7) is 0. The second kappa shape index (κ2) is 7.22. The predicted molar refractivity (Wildman–Crippen MR) is 57.1 cm³/mol. The summed E-state index contributed by atoms with van der Waals surface area (Å²) in [7, 11) is 0. The molecule has 0 aromatic rings. The molecule has 1 saturated carbocycles. The highest BCUT2D eigenvalue weighted by atomic mass is 19.1. The first kappa shape index (κ1) is 12.0. The van der Waals surface area contributed by atoms with E-state index in [4.69, 9.17) is 0 Å². The lowest BCUT2D eigenvalue weighted by Crippen LogP contribution is -2.21. The van der Waals surface area contributed by atoms with Crippen LogP contribution in [-0.2, 0) is 0 Å². The van der Waals surface area contributed by atoms with Gasteiger partial charge < -0.3 is 5.11 Å². The first-order valence-corrected chi connectivity index (χ1v) is 6.13. The zero-order valence-electron chi connectivity index (χ0n) is 9.05. The van der Waals surface area contributed by atoms with Gasteiger partial charge >= 0.3 is 0 Å². The van der Waals surface area contributed by atoms with E-state index in [0.717, 1.165) is 25.7 Å². The Balaban J connectivity index is 2.23.